The van der Waals surface area contributed by atoms with E-state index in [9.17, 15) is 4.79 Å². The molecule has 7 nitrogen and oxygen atoms in total. The maximum Gasteiger partial charge on any atom is 0.325 e. The molecule has 0 saturated carbocycles. The number of nitrogens with zero attached hydrogens (tertiary/aromatic N) is 3. The summed E-state index contributed by atoms with van der Waals surface area (Å²) in [6.45, 7) is 2.15. The molecule has 8 heteroatoms. The second kappa shape index (κ2) is 6.41. The third kappa shape index (κ3) is 2.97. The van der Waals surface area contributed by atoms with Crippen LogP contribution in [0.1, 0.15) is 18.5 Å². The Hall–Kier alpha value is -2.12. The molecule has 2 aromatic rings. The van der Waals surface area contributed by atoms with Crippen molar-refractivity contribution in [2.45, 2.75) is 25.3 Å². The van der Waals surface area contributed by atoms with Crippen molar-refractivity contribution in [1.82, 2.24) is 19.9 Å². The molecule has 0 spiro atoms. The number of halogens is 1. The summed E-state index contributed by atoms with van der Waals surface area (Å²) in [6.07, 6.45) is 6.03. The number of aromatic nitrogens is 3. The van der Waals surface area contributed by atoms with E-state index in [0.717, 1.165) is 43.7 Å². The highest BCUT2D eigenvalue weighted by Gasteiger charge is 2.20. The maximum absolute atomic E-state index is 11.9. The van der Waals surface area contributed by atoms with E-state index in [4.69, 9.17) is 16.3 Å². The highest BCUT2D eigenvalue weighted by molar-refractivity contribution is 6.32. The summed E-state index contributed by atoms with van der Waals surface area (Å²) >= 11 is 6.29. The average Bonchev–Trinajstić information content (AvgIpc) is 3.03. The molecule has 1 fully saturated rings. The van der Waals surface area contributed by atoms with Gasteiger partial charge in [0, 0.05) is 49.7 Å². The number of hydrogen-bond donors (Lipinski definition) is 2. The zero-order chi connectivity index (χ0) is 16.5. The van der Waals surface area contributed by atoms with E-state index < -0.39 is 0 Å². The van der Waals surface area contributed by atoms with Crippen LogP contribution in [0.5, 0.6) is 0 Å². The molecule has 0 radical (unpaired) electrons. The predicted octanol–water partition coefficient (Wildman–Crippen LogP) is 2.30. The largest absolute Gasteiger partial charge is 0.381 e. The van der Waals surface area contributed by atoms with Crippen molar-refractivity contribution < 1.29 is 9.53 Å². The van der Waals surface area contributed by atoms with Crippen molar-refractivity contribution in [3.8, 4) is 11.3 Å². The number of rotatable bonds is 3. The number of fused-ring (bicyclic) bond motifs is 1. The Bertz CT molecular complexity index is 770. The molecule has 2 aliphatic heterocycles. The van der Waals surface area contributed by atoms with Gasteiger partial charge in [-0.05, 0) is 18.9 Å². The first kappa shape index (κ1) is 15.4. The quantitative estimate of drug-likeness (QED) is 0.890. The fourth-order valence-corrected chi connectivity index (χ4v) is 3.27. The number of amides is 1. The van der Waals surface area contributed by atoms with Gasteiger partial charge in [0.25, 0.3) is 0 Å². The van der Waals surface area contributed by atoms with Crippen LogP contribution in [0.15, 0.2) is 18.5 Å². The Morgan fingerprint density at radius 1 is 1.38 bits per heavy atom. The first-order valence-electron chi connectivity index (χ1n) is 8.07. The van der Waals surface area contributed by atoms with Gasteiger partial charge in [-0.2, -0.15) is 0 Å². The summed E-state index contributed by atoms with van der Waals surface area (Å²) in [4.78, 5) is 20.7. The molecule has 0 bridgehead atoms. The molecule has 126 valence electrons. The number of anilines is 1. The van der Waals surface area contributed by atoms with E-state index in [1.165, 1.54) is 0 Å². The van der Waals surface area contributed by atoms with Gasteiger partial charge in [0.05, 0.1) is 16.9 Å². The third-order valence-electron chi connectivity index (χ3n) is 4.35. The van der Waals surface area contributed by atoms with Gasteiger partial charge < -0.3 is 15.4 Å². The molecule has 0 aromatic carbocycles. The lowest BCUT2D eigenvalue weighted by Crippen LogP contribution is -2.35. The van der Waals surface area contributed by atoms with Crippen molar-refractivity contribution in [3.63, 3.8) is 0 Å². The Morgan fingerprint density at radius 2 is 2.21 bits per heavy atom. The Morgan fingerprint density at radius 3 is 3.00 bits per heavy atom. The summed E-state index contributed by atoms with van der Waals surface area (Å²) in [5.74, 6) is 0.551. The molecular weight excluding hydrogens is 330 g/mol. The van der Waals surface area contributed by atoms with Gasteiger partial charge in [0.2, 0.25) is 5.95 Å². The van der Waals surface area contributed by atoms with Gasteiger partial charge in [0.15, 0.2) is 0 Å². The second-order valence-corrected chi connectivity index (χ2v) is 6.40. The normalized spacial score (nSPS) is 18.1. The molecule has 0 aliphatic carbocycles. The van der Waals surface area contributed by atoms with Crippen molar-refractivity contribution in [2.24, 2.45) is 0 Å². The van der Waals surface area contributed by atoms with Crippen LogP contribution in [0, 0.1) is 0 Å². The number of carbonyl (C=O) groups excluding carboxylic acids is 1. The van der Waals surface area contributed by atoms with Gasteiger partial charge in [-0.1, -0.05) is 11.6 Å². The lowest BCUT2D eigenvalue weighted by Gasteiger charge is -2.23. The van der Waals surface area contributed by atoms with Gasteiger partial charge in [-0.25, -0.2) is 14.8 Å². The molecule has 24 heavy (non-hydrogen) atoms. The molecule has 4 rings (SSSR count). The minimum atomic E-state index is -0.117. The Balaban J connectivity index is 1.62. The fourth-order valence-electron chi connectivity index (χ4n) is 3.07. The number of ether oxygens (including phenoxy) is 1. The minimum Gasteiger partial charge on any atom is -0.381 e. The summed E-state index contributed by atoms with van der Waals surface area (Å²) in [5, 5.41) is 6.63. The van der Waals surface area contributed by atoms with Crippen LogP contribution in [0.4, 0.5) is 10.7 Å². The topological polar surface area (TPSA) is 81.1 Å². The summed E-state index contributed by atoms with van der Waals surface area (Å²) in [7, 11) is 0. The maximum atomic E-state index is 11.9. The molecule has 0 unspecified atom stereocenters. The van der Waals surface area contributed by atoms with Crippen molar-refractivity contribution in [3.05, 3.63) is 29.2 Å². The molecule has 2 N–H and O–H groups in total. The number of carbonyl (C=O) groups is 1. The van der Waals surface area contributed by atoms with Gasteiger partial charge in [0.1, 0.15) is 0 Å². The summed E-state index contributed by atoms with van der Waals surface area (Å²) < 4.78 is 6.98. The van der Waals surface area contributed by atoms with E-state index in [-0.39, 0.29) is 6.03 Å². The molecular formula is C16H18ClN5O2. The zero-order valence-corrected chi connectivity index (χ0v) is 13.8. The Kier molecular flexibility index (Phi) is 4.12. The lowest BCUT2D eigenvalue weighted by atomic mass is 10.1. The van der Waals surface area contributed by atoms with E-state index in [1.807, 2.05) is 6.07 Å². The zero-order valence-electron chi connectivity index (χ0n) is 13.1. The van der Waals surface area contributed by atoms with E-state index >= 15 is 0 Å². The van der Waals surface area contributed by atoms with Crippen LogP contribution in [-0.2, 0) is 11.2 Å². The van der Waals surface area contributed by atoms with E-state index in [1.54, 1.807) is 17.0 Å². The first-order valence-corrected chi connectivity index (χ1v) is 8.45. The van der Waals surface area contributed by atoms with Crippen molar-refractivity contribution in [2.75, 3.05) is 25.1 Å². The third-order valence-corrected chi connectivity index (χ3v) is 4.62. The van der Waals surface area contributed by atoms with Crippen LogP contribution in [0.25, 0.3) is 11.3 Å². The van der Waals surface area contributed by atoms with Gasteiger partial charge in [-0.3, -0.25) is 4.57 Å². The molecule has 1 amide bonds. The van der Waals surface area contributed by atoms with Crippen molar-refractivity contribution >= 4 is 23.6 Å². The molecule has 2 aromatic heterocycles. The molecule has 0 atom stereocenters. The van der Waals surface area contributed by atoms with Crippen LogP contribution in [0.2, 0.25) is 5.02 Å². The SMILES string of the molecule is O=C1NCCc2cc(-c3nc(NC4CCOCC4)ncc3Cl)cn21. The highest BCUT2D eigenvalue weighted by atomic mass is 35.5. The minimum absolute atomic E-state index is 0.117. The van der Waals surface area contributed by atoms with Crippen LogP contribution in [0.3, 0.4) is 0 Å². The van der Waals surface area contributed by atoms with Crippen LogP contribution < -0.4 is 10.6 Å². The molecule has 4 heterocycles. The smallest absolute Gasteiger partial charge is 0.325 e. The molecule has 1 saturated heterocycles. The van der Waals surface area contributed by atoms with E-state index in [2.05, 4.69) is 20.6 Å². The fraction of sp³-hybridized carbons (Fsp3) is 0.438. The van der Waals surface area contributed by atoms with E-state index in [0.29, 0.717) is 29.3 Å². The Labute approximate surface area is 144 Å². The highest BCUT2D eigenvalue weighted by Crippen LogP contribution is 2.29. The van der Waals surface area contributed by atoms with Crippen LogP contribution >= 0.6 is 11.6 Å². The monoisotopic (exact) mass is 347 g/mol. The first-order chi connectivity index (χ1) is 11.7. The predicted molar refractivity (Wildman–Crippen MR) is 90.4 cm³/mol. The molecule has 2 aliphatic rings. The lowest BCUT2D eigenvalue weighted by molar-refractivity contribution is 0.0903. The summed E-state index contributed by atoms with van der Waals surface area (Å²) in [6, 6.07) is 2.15. The van der Waals surface area contributed by atoms with Crippen LogP contribution in [-0.4, -0.2) is 46.4 Å². The average molecular weight is 348 g/mol. The number of nitrogens with one attached hydrogen (secondary N) is 2. The second-order valence-electron chi connectivity index (χ2n) is 5.99. The van der Waals surface area contributed by atoms with Gasteiger partial charge in [-0.15, -0.1) is 0 Å². The standard InChI is InChI=1S/C16H18ClN5O2/c17-13-8-19-15(20-11-2-5-24-6-3-11)21-14(13)10-7-12-1-4-18-16(23)22(12)9-10/h7-9,11H,1-6H2,(H,18,23)(H,19,20,21). The number of hydrogen-bond acceptors (Lipinski definition) is 5. The van der Waals surface area contributed by atoms with Crippen molar-refractivity contribution in [1.29, 1.82) is 0 Å². The van der Waals surface area contributed by atoms with Gasteiger partial charge >= 0.3 is 6.03 Å². The summed E-state index contributed by atoms with van der Waals surface area (Å²) in [5.41, 5.74) is 2.42.